The maximum absolute atomic E-state index is 14.6. The van der Waals surface area contributed by atoms with Crippen molar-refractivity contribution in [3.05, 3.63) is 83.8 Å². The average Bonchev–Trinajstić information content (AvgIpc) is 2.85. The minimum Gasteiger partial charge on any atom is -0.353 e. The number of aromatic nitrogens is 5. The largest absolute Gasteiger partial charge is 0.412 e. The van der Waals surface area contributed by atoms with Gasteiger partial charge in [0.2, 0.25) is 0 Å². The van der Waals surface area contributed by atoms with E-state index >= 15 is 0 Å². The van der Waals surface area contributed by atoms with Crippen LogP contribution in [0.25, 0.3) is 33.2 Å². The van der Waals surface area contributed by atoms with E-state index in [2.05, 4.69) is 30.2 Å². The van der Waals surface area contributed by atoms with Crippen molar-refractivity contribution in [1.29, 1.82) is 0 Å². The van der Waals surface area contributed by atoms with Crippen LogP contribution in [-0.2, 0) is 0 Å². The Kier molecular flexibility index (Phi) is 5.65. The Hall–Kier alpha value is -4.35. The van der Waals surface area contributed by atoms with Gasteiger partial charge in [0.25, 0.3) is 0 Å². The average molecular weight is 500 g/mol. The Morgan fingerprint density at radius 3 is 2.42 bits per heavy atom. The van der Waals surface area contributed by atoms with Gasteiger partial charge in [-0.05, 0) is 37.3 Å². The second-order valence-corrected chi connectivity index (χ2v) is 7.88. The van der Waals surface area contributed by atoms with Crippen molar-refractivity contribution in [1.82, 2.24) is 24.9 Å². The number of anilines is 1. The number of nitrogens with one attached hydrogen (secondary N) is 1. The van der Waals surface area contributed by atoms with Crippen molar-refractivity contribution in [3.8, 4) is 11.3 Å². The number of halogens is 6. The molecule has 0 unspecified atom stereocenters. The maximum atomic E-state index is 14.6. The van der Waals surface area contributed by atoms with Crippen molar-refractivity contribution in [2.45, 2.75) is 19.1 Å². The molecule has 1 N–H and O–H groups in total. The molecular weight excluding hydrogens is 486 g/mol. The van der Waals surface area contributed by atoms with Crippen molar-refractivity contribution in [2.75, 3.05) is 5.32 Å². The topological polar surface area (TPSA) is 76.5 Å². The van der Waals surface area contributed by atoms with Gasteiger partial charge >= 0.3 is 6.18 Å². The lowest BCUT2D eigenvalue weighted by molar-refractivity contribution is -0.143. The minimum absolute atomic E-state index is 0.0600. The Bertz CT molecular complexity index is 1600. The van der Waals surface area contributed by atoms with E-state index in [9.17, 15) is 26.3 Å². The van der Waals surface area contributed by atoms with Crippen LogP contribution in [0.5, 0.6) is 0 Å². The van der Waals surface area contributed by atoms with Crippen molar-refractivity contribution < 1.29 is 26.3 Å². The highest BCUT2D eigenvalue weighted by molar-refractivity contribution is 5.87. The molecule has 1 aromatic carbocycles. The van der Waals surface area contributed by atoms with Crippen LogP contribution in [0.3, 0.4) is 0 Å². The lowest BCUT2D eigenvalue weighted by Crippen LogP contribution is -2.29. The van der Waals surface area contributed by atoms with Gasteiger partial charge in [-0.1, -0.05) is 0 Å². The number of benzene rings is 1. The molecule has 4 heterocycles. The van der Waals surface area contributed by atoms with Crippen molar-refractivity contribution in [2.24, 2.45) is 0 Å². The van der Waals surface area contributed by atoms with Gasteiger partial charge in [-0.15, -0.1) is 0 Å². The molecule has 0 saturated carbocycles. The van der Waals surface area contributed by atoms with E-state index in [1.54, 1.807) is 19.1 Å². The van der Waals surface area contributed by atoms with E-state index in [0.717, 1.165) is 12.4 Å². The molecule has 6 nitrogen and oxygen atoms in total. The van der Waals surface area contributed by atoms with Crippen LogP contribution in [0.1, 0.15) is 17.3 Å². The van der Waals surface area contributed by atoms with E-state index in [1.807, 2.05) is 0 Å². The van der Waals surface area contributed by atoms with Gasteiger partial charge in [-0.2, -0.15) is 13.2 Å². The van der Waals surface area contributed by atoms with E-state index in [-0.39, 0.29) is 28.1 Å². The molecule has 4 aromatic heterocycles. The first-order valence-electron chi connectivity index (χ1n) is 10.4. The first-order valence-corrected chi connectivity index (χ1v) is 10.4. The summed E-state index contributed by atoms with van der Waals surface area (Å²) < 4.78 is 86.6. The number of fused-ring (bicyclic) bond motifs is 2. The van der Waals surface area contributed by atoms with Crippen LogP contribution < -0.4 is 5.32 Å². The van der Waals surface area contributed by atoms with Crippen molar-refractivity contribution in [3.63, 3.8) is 0 Å². The molecular formula is C24H14F6N6. The first kappa shape index (κ1) is 23.4. The Labute approximate surface area is 199 Å². The molecule has 36 heavy (non-hydrogen) atoms. The SMILES string of the molecule is Cc1ccc(-c2nc3c(F)cc(F)c(F)c3cc2[C@@H](Nc2ncnc3cccnc23)C(F)(F)F)cn1. The van der Waals surface area contributed by atoms with Gasteiger partial charge in [0, 0.05) is 40.7 Å². The Morgan fingerprint density at radius 1 is 0.889 bits per heavy atom. The summed E-state index contributed by atoms with van der Waals surface area (Å²) in [5.74, 6) is -4.55. The van der Waals surface area contributed by atoms with E-state index in [4.69, 9.17) is 0 Å². The van der Waals surface area contributed by atoms with E-state index < -0.39 is 46.1 Å². The summed E-state index contributed by atoms with van der Waals surface area (Å²) >= 11 is 0. The second kappa shape index (κ2) is 8.70. The van der Waals surface area contributed by atoms with Gasteiger partial charge in [0.05, 0.1) is 11.2 Å². The van der Waals surface area contributed by atoms with Gasteiger partial charge in [-0.3, -0.25) is 9.97 Å². The number of pyridine rings is 3. The Balaban J connectivity index is 1.79. The normalized spacial score (nSPS) is 12.8. The molecule has 0 spiro atoms. The van der Waals surface area contributed by atoms with E-state index in [1.165, 1.54) is 24.5 Å². The van der Waals surface area contributed by atoms with Crippen LogP contribution >= 0.6 is 0 Å². The smallest absolute Gasteiger partial charge is 0.353 e. The third-order valence-corrected chi connectivity index (χ3v) is 5.48. The molecule has 182 valence electrons. The highest BCUT2D eigenvalue weighted by Gasteiger charge is 2.43. The summed E-state index contributed by atoms with van der Waals surface area (Å²) in [6.07, 6.45) is -1.29. The molecule has 5 rings (SSSR count). The maximum Gasteiger partial charge on any atom is 0.412 e. The third kappa shape index (κ3) is 4.14. The van der Waals surface area contributed by atoms with Crippen molar-refractivity contribution >= 4 is 27.8 Å². The quantitative estimate of drug-likeness (QED) is 0.238. The first-order chi connectivity index (χ1) is 17.1. The van der Waals surface area contributed by atoms with Crippen LogP contribution in [-0.4, -0.2) is 31.1 Å². The number of rotatable bonds is 4. The zero-order valence-corrected chi connectivity index (χ0v) is 18.3. The summed E-state index contributed by atoms with van der Waals surface area (Å²) in [5.41, 5.74) is -0.500. The number of hydrogen-bond acceptors (Lipinski definition) is 6. The molecule has 0 aliphatic carbocycles. The molecule has 0 saturated heterocycles. The molecule has 0 radical (unpaired) electrons. The number of alkyl halides is 3. The molecule has 0 aliphatic rings. The van der Waals surface area contributed by atoms with Crippen LogP contribution in [0.4, 0.5) is 32.2 Å². The fourth-order valence-electron chi connectivity index (χ4n) is 3.78. The number of nitrogens with zero attached hydrogens (tertiary/aromatic N) is 5. The molecule has 0 fully saturated rings. The zero-order chi connectivity index (χ0) is 25.6. The predicted molar refractivity (Wildman–Crippen MR) is 119 cm³/mol. The summed E-state index contributed by atoms with van der Waals surface area (Å²) in [5, 5.41) is 1.56. The second-order valence-electron chi connectivity index (χ2n) is 7.88. The lowest BCUT2D eigenvalue weighted by atomic mass is 9.97. The summed E-state index contributed by atoms with van der Waals surface area (Å²) in [4.78, 5) is 20.0. The van der Waals surface area contributed by atoms with E-state index in [0.29, 0.717) is 11.8 Å². The minimum atomic E-state index is -4.98. The fraction of sp³-hybridized carbons (Fsp3) is 0.125. The van der Waals surface area contributed by atoms with Crippen LogP contribution in [0.15, 0.2) is 55.1 Å². The number of hydrogen-bond donors (Lipinski definition) is 1. The highest BCUT2D eigenvalue weighted by Crippen LogP contribution is 2.41. The molecule has 0 bridgehead atoms. The van der Waals surface area contributed by atoms with Crippen LogP contribution in [0, 0.1) is 24.4 Å². The third-order valence-electron chi connectivity index (χ3n) is 5.48. The molecule has 0 aliphatic heterocycles. The van der Waals surface area contributed by atoms with Gasteiger partial charge < -0.3 is 5.32 Å². The predicted octanol–water partition coefficient (Wildman–Crippen LogP) is 6.08. The van der Waals surface area contributed by atoms with Gasteiger partial charge in [0.15, 0.2) is 29.3 Å². The summed E-state index contributed by atoms with van der Waals surface area (Å²) in [6.45, 7) is 1.67. The standard InChI is InChI=1S/C24H14F6N6/c1-11-4-5-12(9-32-11)19-14(7-13-18(27)15(25)8-16(26)20(13)35-19)22(24(28,29)30)36-23-21-17(33-10-34-23)3-2-6-31-21/h2-10,22H,1H3,(H,33,34,36)/t22-/m1/s1. The molecule has 1 atom stereocenters. The lowest BCUT2D eigenvalue weighted by Gasteiger charge is -2.25. The molecule has 12 heteroatoms. The molecule has 0 amide bonds. The summed E-state index contributed by atoms with van der Waals surface area (Å²) in [7, 11) is 0. The highest BCUT2D eigenvalue weighted by atomic mass is 19.4. The van der Waals surface area contributed by atoms with Gasteiger partial charge in [0.1, 0.15) is 17.4 Å². The fourth-order valence-corrected chi connectivity index (χ4v) is 3.78. The monoisotopic (exact) mass is 500 g/mol. The summed E-state index contributed by atoms with van der Waals surface area (Å²) in [6, 6.07) is 4.59. The zero-order valence-electron chi connectivity index (χ0n) is 18.3. The van der Waals surface area contributed by atoms with Crippen LogP contribution in [0.2, 0.25) is 0 Å². The number of aryl methyl sites for hydroxylation is 1. The van der Waals surface area contributed by atoms with Gasteiger partial charge in [-0.25, -0.2) is 28.1 Å². The Morgan fingerprint density at radius 2 is 1.69 bits per heavy atom. The molecule has 5 aromatic rings.